The number of carbonyl (C=O) groups excluding carboxylic acids is 1. The van der Waals surface area contributed by atoms with Gasteiger partial charge in [-0.05, 0) is 18.1 Å². The highest BCUT2D eigenvalue weighted by molar-refractivity contribution is 7.16. The van der Waals surface area contributed by atoms with Crippen molar-refractivity contribution in [2.45, 2.75) is 6.92 Å². The minimum absolute atomic E-state index is 0.0662. The number of rotatable bonds is 6. The summed E-state index contributed by atoms with van der Waals surface area (Å²) in [5.41, 5.74) is 0.794. The molecule has 3 rings (SSSR count). The Bertz CT molecular complexity index is 656. The van der Waals surface area contributed by atoms with E-state index in [-0.39, 0.29) is 5.91 Å². The highest BCUT2D eigenvalue weighted by Crippen LogP contribution is 2.22. The van der Waals surface area contributed by atoms with E-state index in [1.165, 1.54) is 11.3 Å². The molecule has 1 aliphatic rings. The van der Waals surface area contributed by atoms with Crippen LogP contribution in [-0.4, -0.2) is 60.2 Å². The summed E-state index contributed by atoms with van der Waals surface area (Å²) >= 11 is 1.37. The summed E-state index contributed by atoms with van der Waals surface area (Å²) in [6, 6.07) is 5.67. The van der Waals surface area contributed by atoms with Crippen molar-refractivity contribution in [3.63, 3.8) is 0 Å². The molecule has 0 aromatic carbocycles. The molecular formula is C17H22N4O2S. The van der Waals surface area contributed by atoms with E-state index >= 15 is 0 Å². The molecule has 1 fully saturated rings. The fourth-order valence-electron chi connectivity index (χ4n) is 2.63. The molecule has 0 spiro atoms. The first kappa shape index (κ1) is 17.0. The largest absolute Gasteiger partial charge is 0.379 e. The van der Waals surface area contributed by atoms with Gasteiger partial charge >= 0.3 is 0 Å². The van der Waals surface area contributed by atoms with Crippen LogP contribution in [0, 0.1) is 5.92 Å². The van der Waals surface area contributed by atoms with Gasteiger partial charge in [-0.25, -0.2) is 4.98 Å². The molecule has 0 radical (unpaired) electrons. The Balaban J connectivity index is 1.49. The maximum Gasteiger partial charge on any atom is 0.263 e. The van der Waals surface area contributed by atoms with Gasteiger partial charge in [0, 0.05) is 32.4 Å². The SMILES string of the molecule is C[C@@H](CNC(=O)c1cnc(-c2ccccn2)s1)CN1CCOCC1. The zero-order chi connectivity index (χ0) is 16.8. The molecule has 6 nitrogen and oxygen atoms in total. The number of amides is 1. The summed E-state index contributed by atoms with van der Waals surface area (Å²) < 4.78 is 5.35. The van der Waals surface area contributed by atoms with E-state index < -0.39 is 0 Å². The predicted molar refractivity (Wildman–Crippen MR) is 94.1 cm³/mol. The minimum Gasteiger partial charge on any atom is -0.379 e. The van der Waals surface area contributed by atoms with Crippen molar-refractivity contribution in [3.8, 4) is 10.7 Å². The third-order valence-electron chi connectivity index (χ3n) is 3.90. The van der Waals surface area contributed by atoms with Gasteiger partial charge < -0.3 is 10.1 Å². The summed E-state index contributed by atoms with van der Waals surface area (Å²) in [7, 11) is 0. The van der Waals surface area contributed by atoms with E-state index in [1.807, 2.05) is 18.2 Å². The lowest BCUT2D eigenvalue weighted by Gasteiger charge is -2.29. The van der Waals surface area contributed by atoms with Crippen LogP contribution in [-0.2, 0) is 4.74 Å². The van der Waals surface area contributed by atoms with Crippen molar-refractivity contribution in [1.29, 1.82) is 0 Å². The first-order valence-electron chi connectivity index (χ1n) is 8.18. The van der Waals surface area contributed by atoms with Crippen molar-refractivity contribution in [3.05, 3.63) is 35.5 Å². The number of morpholine rings is 1. The van der Waals surface area contributed by atoms with E-state index in [0.29, 0.717) is 17.3 Å². The lowest BCUT2D eigenvalue weighted by molar-refractivity contribution is 0.0317. The molecule has 1 saturated heterocycles. The number of thiazole rings is 1. The number of carbonyl (C=O) groups is 1. The Morgan fingerprint density at radius 1 is 1.38 bits per heavy atom. The second kappa shape index (κ2) is 8.32. The molecule has 24 heavy (non-hydrogen) atoms. The van der Waals surface area contributed by atoms with E-state index in [1.54, 1.807) is 12.4 Å². The van der Waals surface area contributed by atoms with Crippen LogP contribution in [0.25, 0.3) is 10.7 Å². The van der Waals surface area contributed by atoms with Crippen molar-refractivity contribution in [2.75, 3.05) is 39.4 Å². The van der Waals surface area contributed by atoms with Gasteiger partial charge in [0.2, 0.25) is 0 Å². The molecule has 1 aliphatic heterocycles. The molecule has 7 heteroatoms. The Hall–Kier alpha value is -1.83. The summed E-state index contributed by atoms with van der Waals surface area (Å²) in [6.45, 7) is 7.34. The number of hydrogen-bond donors (Lipinski definition) is 1. The number of aromatic nitrogens is 2. The van der Waals surface area contributed by atoms with Gasteiger partial charge in [-0.1, -0.05) is 13.0 Å². The van der Waals surface area contributed by atoms with E-state index in [2.05, 4.69) is 27.1 Å². The molecule has 0 unspecified atom stereocenters. The molecule has 1 atom stereocenters. The first-order valence-corrected chi connectivity index (χ1v) is 8.99. The van der Waals surface area contributed by atoms with Gasteiger partial charge in [0.25, 0.3) is 5.91 Å². The Kier molecular flexibility index (Phi) is 5.90. The van der Waals surface area contributed by atoms with Gasteiger partial charge in [0.15, 0.2) is 0 Å². The highest BCUT2D eigenvalue weighted by Gasteiger charge is 2.16. The van der Waals surface area contributed by atoms with Crippen molar-refractivity contribution in [2.24, 2.45) is 5.92 Å². The summed E-state index contributed by atoms with van der Waals surface area (Å²) in [6.07, 6.45) is 3.35. The smallest absolute Gasteiger partial charge is 0.263 e. The van der Waals surface area contributed by atoms with Crippen molar-refractivity contribution >= 4 is 17.2 Å². The van der Waals surface area contributed by atoms with Crippen LogP contribution in [0.3, 0.4) is 0 Å². The quantitative estimate of drug-likeness (QED) is 0.865. The fourth-order valence-corrected chi connectivity index (χ4v) is 3.44. The number of nitrogens with one attached hydrogen (secondary N) is 1. The summed E-state index contributed by atoms with van der Waals surface area (Å²) in [5, 5.41) is 3.77. The second-order valence-corrected chi connectivity index (χ2v) is 7.00. The van der Waals surface area contributed by atoms with Crippen LogP contribution >= 0.6 is 11.3 Å². The Labute approximate surface area is 145 Å². The molecule has 1 N–H and O–H groups in total. The lowest BCUT2D eigenvalue weighted by Crippen LogP contribution is -2.41. The lowest BCUT2D eigenvalue weighted by atomic mass is 10.1. The maximum absolute atomic E-state index is 12.3. The highest BCUT2D eigenvalue weighted by atomic mass is 32.1. The molecule has 3 heterocycles. The summed E-state index contributed by atoms with van der Waals surface area (Å²) in [4.78, 5) is 23.9. The monoisotopic (exact) mass is 346 g/mol. The van der Waals surface area contributed by atoms with Crippen LogP contribution < -0.4 is 5.32 Å². The van der Waals surface area contributed by atoms with Gasteiger partial charge in [-0.15, -0.1) is 11.3 Å². The third-order valence-corrected chi connectivity index (χ3v) is 4.92. The molecule has 128 valence electrons. The molecular weight excluding hydrogens is 324 g/mol. The van der Waals surface area contributed by atoms with Gasteiger partial charge in [0.1, 0.15) is 9.88 Å². The Morgan fingerprint density at radius 2 is 2.21 bits per heavy atom. The van der Waals surface area contributed by atoms with Crippen molar-refractivity contribution in [1.82, 2.24) is 20.2 Å². The molecule has 2 aromatic heterocycles. The average Bonchev–Trinajstić information content (AvgIpc) is 3.11. The number of pyridine rings is 1. The summed E-state index contributed by atoms with van der Waals surface area (Å²) in [5.74, 6) is 0.332. The van der Waals surface area contributed by atoms with Crippen LogP contribution in [0.5, 0.6) is 0 Å². The second-order valence-electron chi connectivity index (χ2n) is 5.97. The topological polar surface area (TPSA) is 67.4 Å². The van der Waals surface area contributed by atoms with Crippen LogP contribution in [0.1, 0.15) is 16.6 Å². The Morgan fingerprint density at radius 3 is 2.96 bits per heavy atom. The molecule has 0 aliphatic carbocycles. The zero-order valence-electron chi connectivity index (χ0n) is 13.8. The maximum atomic E-state index is 12.3. The van der Waals surface area contributed by atoms with E-state index in [9.17, 15) is 4.79 Å². The predicted octanol–water partition coefficient (Wildman–Crippen LogP) is 1.90. The third kappa shape index (κ3) is 4.59. The average molecular weight is 346 g/mol. The van der Waals surface area contributed by atoms with E-state index in [0.717, 1.165) is 43.5 Å². The fraction of sp³-hybridized carbons (Fsp3) is 0.471. The number of nitrogens with zero attached hydrogens (tertiary/aromatic N) is 3. The number of ether oxygens (including phenoxy) is 1. The van der Waals surface area contributed by atoms with Gasteiger partial charge in [-0.2, -0.15) is 0 Å². The zero-order valence-corrected chi connectivity index (χ0v) is 14.6. The van der Waals surface area contributed by atoms with Gasteiger partial charge in [-0.3, -0.25) is 14.7 Å². The first-order chi connectivity index (χ1) is 11.7. The minimum atomic E-state index is -0.0662. The standard InChI is InChI=1S/C17H22N4O2S/c1-13(12-21-6-8-23-9-7-21)10-19-16(22)15-11-20-17(24-15)14-4-2-3-5-18-14/h2-5,11,13H,6-10,12H2,1H3,(H,19,22)/t13-/m0/s1. The van der Waals surface area contributed by atoms with Crippen LogP contribution in [0.4, 0.5) is 0 Å². The van der Waals surface area contributed by atoms with Crippen LogP contribution in [0.15, 0.2) is 30.6 Å². The van der Waals surface area contributed by atoms with Crippen molar-refractivity contribution < 1.29 is 9.53 Å². The molecule has 0 saturated carbocycles. The number of hydrogen-bond acceptors (Lipinski definition) is 6. The van der Waals surface area contributed by atoms with E-state index in [4.69, 9.17) is 4.74 Å². The molecule has 0 bridgehead atoms. The van der Waals surface area contributed by atoms with Crippen LogP contribution in [0.2, 0.25) is 0 Å². The van der Waals surface area contributed by atoms with Gasteiger partial charge in [0.05, 0.1) is 25.1 Å². The molecule has 1 amide bonds. The normalized spacial score (nSPS) is 16.7. The molecule has 2 aromatic rings.